The van der Waals surface area contributed by atoms with E-state index in [2.05, 4.69) is 15.2 Å². The second-order valence-electron chi connectivity index (χ2n) is 7.49. The lowest BCUT2D eigenvalue weighted by Gasteiger charge is -2.27. The van der Waals surface area contributed by atoms with E-state index < -0.39 is 5.97 Å². The highest BCUT2D eigenvalue weighted by molar-refractivity contribution is 6.07. The first-order valence-electron chi connectivity index (χ1n) is 10.4. The summed E-state index contributed by atoms with van der Waals surface area (Å²) in [5.41, 5.74) is 4.77. The molecule has 0 saturated carbocycles. The number of carboxylic acid groups (broad SMARTS) is 1. The van der Waals surface area contributed by atoms with Crippen LogP contribution in [-0.2, 0) is 0 Å². The van der Waals surface area contributed by atoms with Gasteiger partial charge in [0.2, 0.25) is 11.8 Å². The summed E-state index contributed by atoms with van der Waals surface area (Å²) in [5, 5.41) is 13.5. The van der Waals surface area contributed by atoms with Gasteiger partial charge in [-0.3, -0.25) is 0 Å². The van der Waals surface area contributed by atoms with Crippen LogP contribution in [0.15, 0.2) is 42.5 Å². The standard InChI is InChI=1S/C23H23N5O3.ClH/c1-2-31-21-20-19(26-23(27-21)28-11-9-24-10-12-28)17-8-7-16(13-18(17)25-20)14-3-5-15(6-4-14)22(29)30;/h3-8,13,24-25H,2,9-12H2,1H3,(H,29,30);1H. The van der Waals surface area contributed by atoms with Gasteiger partial charge in [0, 0.05) is 37.1 Å². The molecule has 32 heavy (non-hydrogen) atoms. The van der Waals surface area contributed by atoms with E-state index in [0.717, 1.165) is 59.2 Å². The molecule has 0 bridgehead atoms. The Morgan fingerprint density at radius 3 is 2.50 bits per heavy atom. The molecule has 2 aromatic carbocycles. The van der Waals surface area contributed by atoms with Crippen molar-refractivity contribution in [1.29, 1.82) is 0 Å². The van der Waals surface area contributed by atoms with Crippen LogP contribution in [0.4, 0.5) is 5.95 Å². The van der Waals surface area contributed by atoms with Crippen molar-refractivity contribution in [2.75, 3.05) is 37.7 Å². The number of nitrogens with zero attached hydrogens (tertiary/aromatic N) is 3. The van der Waals surface area contributed by atoms with E-state index in [-0.39, 0.29) is 18.0 Å². The van der Waals surface area contributed by atoms with Crippen LogP contribution in [-0.4, -0.2) is 58.8 Å². The number of H-pyrrole nitrogens is 1. The molecule has 3 N–H and O–H groups in total. The molecular weight excluding hydrogens is 430 g/mol. The van der Waals surface area contributed by atoms with Crippen molar-refractivity contribution in [1.82, 2.24) is 20.3 Å². The number of ether oxygens (including phenoxy) is 1. The molecular formula is C23H24ClN5O3. The Bertz CT molecular complexity index is 1270. The van der Waals surface area contributed by atoms with Crippen LogP contribution < -0.4 is 15.0 Å². The average molecular weight is 454 g/mol. The third-order valence-corrected chi connectivity index (χ3v) is 5.54. The Morgan fingerprint density at radius 2 is 1.81 bits per heavy atom. The number of rotatable bonds is 5. The second kappa shape index (κ2) is 9.02. The van der Waals surface area contributed by atoms with Crippen LogP contribution in [0.3, 0.4) is 0 Å². The third kappa shape index (κ3) is 3.94. The Balaban J connectivity index is 0.00000245. The molecule has 1 saturated heterocycles. The Kier molecular flexibility index (Phi) is 6.16. The van der Waals surface area contributed by atoms with E-state index in [4.69, 9.17) is 19.8 Å². The van der Waals surface area contributed by atoms with Crippen molar-refractivity contribution in [3.8, 4) is 17.0 Å². The third-order valence-electron chi connectivity index (χ3n) is 5.54. The maximum absolute atomic E-state index is 11.1. The topological polar surface area (TPSA) is 103 Å². The molecule has 1 aliphatic heterocycles. The number of piperazine rings is 1. The predicted octanol–water partition coefficient (Wildman–Crippen LogP) is 3.71. The number of halogens is 1. The van der Waals surface area contributed by atoms with Crippen LogP contribution in [0.25, 0.3) is 33.1 Å². The minimum Gasteiger partial charge on any atom is -0.478 e. The van der Waals surface area contributed by atoms with Crippen LogP contribution in [0.2, 0.25) is 0 Å². The van der Waals surface area contributed by atoms with Crippen molar-refractivity contribution in [2.24, 2.45) is 0 Å². The van der Waals surface area contributed by atoms with Crippen molar-refractivity contribution >= 4 is 46.3 Å². The molecule has 1 fully saturated rings. The molecule has 0 unspecified atom stereocenters. The number of aromatic carboxylic acids is 1. The number of hydrogen-bond acceptors (Lipinski definition) is 6. The lowest BCUT2D eigenvalue weighted by Crippen LogP contribution is -2.44. The summed E-state index contributed by atoms with van der Waals surface area (Å²) < 4.78 is 5.85. The van der Waals surface area contributed by atoms with Gasteiger partial charge in [-0.1, -0.05) is 24.3 Å². The number of aromatic amines is 1. The van der Waals surface area contributed by atoms with Crippen LogP contribution in [0, 0.1) is 0 Å². The fourth-order valence-corrected chi connectivity index (χ4v) is 3.96. The first-order chi connectivity index (χ1) is 15.1. The van der Waals surface area contributed by atoms with Gasteiger partial charge in [-0.15, -0.1) is 12.4 Å². The number of fused-ring (bicyclic) bond motifs is 3. The van der Waals surface area contributed by atoms with E-state index in [9.17, 15) is 4.79 Å². The molecule has 9 heteroatoms. The van der Waals surface area contributed by atoms with Crippen molar-refractivity contribution in [2.45, 2.75) is 6.92 Å². The van der Waals surface area contributed by atoms with Gasteiger partial charge in [-0.05, 0) is 36.2 Å². The lowest BCUT2D eigenvalue weighted by molar-refractivity contribution is 0.0697. The molecule has 0 radical (unpaired) electrons. The maximum Gasteiger partial charge on any atom is 0.335 e. The largest absolute Gasteiger partial charge is 0.478 e. The normalized spacial score (nSPS) is 13.8. The monoisotopic (exact) mass is 453 g/mol. The SMILES string of the molecule is CCOc1nc(N2CCNCC2)nc2c1[nH]c1cc(-c3ccc(C(=O)O)cc3)ccc12.Cl. The molecule has 166 valence electrons. The van der Waals surface area contributed by atoms with Gasteiger partial charge >= 0.3 is 5.97 Å². The van der Waals surface area contributed by atoms with Crippen molar-refractivity contribution in [3.05, 3.63) is 48.0 Å². The number of hydrogen-bond donors (Lipinski definition) is 3. The summed E-state index contributed by atoms with van der Waals surface area (Å²) in [7, 11) is 0. The molecule has 0 atom stereocenters. The molecule has 0 amide bonds. The molecule has 0 spiro atoms. The fraction of sp³-hybridized carbons (Fsp3) is 0.261. The summed E-state index contributed by atoms with van der Waals surface area (Å²) in [6.45, 7) is 5.99. The average Bonchev–Trinajstić information content (AvgIpc) is 3.18. The highest BCUT2D eigenvalue weighted by atomic mass is 35.5. The van der Waals surface area contributed by atoms with Gasteiger partial charge in [0.25, 0.3) is 0 Å². The van der Waals surface area contributed by atoms with E-state index >= 15 is 0 Å². The van der Waals surface area contributed by atoms with Gasteiger partial charge in [-0.2, -0.15) is 4.98 Å². The van der Waals surface area contributed by atoms with Gasteiger partial charge < -0.3 is 25.0 Å². The number of aromatic nitrogens is 3. The molecule has 2 aromatic heterocycles. The van der Waals surface area contributed by atoms with E-state index in [1.807, 2.05) is 37.3 Å². The van der Waals surface area contributed by atoms with Gasteiger partial charge in [0.1, 0.15) is 11.0 Å². The molecule has 8 nitrogen and oxygen atoms in total. The van der Waals surface area contributed by atoms with Gasteiger partial charge in [0.05, 0.1) is 12.2 Å². The number of carboxylic acids is 1. The van der Waals surface area contributed by atoms with Crippen molar-refractivity contribution in [3.63, 3.8) is 0 Å². The molecule has 0 aliphatic carbocycles. The predicted molar refractivity (Wildman–Crippen MR) is 127 cm³/mol. The molecule has 1 aliphatic rings. The minimum absolute atomic E-state index is 0. The zero-order chi connectivity index (χ0) is 21.4. The maximum atomic E-state index is 11.1. The summed E-state index contributed by atoms with van der Waals surface area (Å²) in [5.74, 6) is 0.316. The summed E-state index contributed by atoms with van der Waals surface area (Å²) in [6, 6.07) is 13.0. The summed E-state index contributed by atoms with van der Waals surface area (Å²) in [6.07, 6.45) is 0. The van der Waals surface area contributed by atoms with E-state index in [0.29, 0.717) is 18.4 Å². The van der Waals surface area contributed by atoms with E-state index in [1.165, 1.54) is 0 Å². The first kappa shape index (κ1) is 21.9. The highest BCUT2D eigenvalue weighted by Gasteiger charge is 2.19. The first-order valence-corrected chi connectivity index (χ1v) is 10.4. The van der Waals surface area contributed by atoms with E-state index in [1.54, 1.807) is 12.1 Å². The lowest BCUT2D eigenvalue weighted by atomic mass is 10.0. The van der Waals surface area contributed by atoms with Crippen LogP contribution >= 0.6 is 12.4 Å². The molecule has 4 aromatic rings. The minimum atomic E-state index is -0.931. The van der Waals surface area contributed by atoms with Crippen molar-refractivity contribution < 1.29 is 14.6 Å². The zero-order valence-electron chi connectivity index (χ0n) is 17.6. The van der Waals surface area contributed by atoms with Crippen LogP contribution in [0.5, 0.6) is 5.88 Å². The number of benzene rings is 2. The zero-order valence-corrected chi connectivity index (χ0v) is 18.4. The Hall–Kier alpha value is -3.36. The summed E-state index contributed by atoms with van der Waals surface area (Å²) >= 11 is 0. The Morgan fingerprint density at radius 1 is 1.09 bits per heavy atom. The quantitative estimate of drug-likeness (QED) is 0.423. The highest BCUT2D eigenvalue weighted by Crippen LogP contribution is 2.33. The fourth-order valence-electron chi connectivity index (χ4n) is 3.96. The van der Waals surface area contributed by atoms with Gasteiger partial charge in [-0.25, -0.2) is 9.78 Å². The number of carbonyl (C=O) groups is 1. The smallest absolute Gasteiger partial charge is 0.335 e. The Labute approximate surface area is 191 Å². The number of anilines is 1. The second-order valence-corrected chi connectivity index (χ2v) is 7.49. The summed E-state index contributed by atoms with van der Waals surface area (Å²) in [4.78, 5) is 26.3. The van der Waals surface area contributed by atoms with Crippen LogP contribution in [0.1, 0.15) is 17.3 Å². The molecule has 3 heterocycles. The number of nitrogens with one attached hydrogen (secondary N) is 2. The van der Waals surface area contributed by atoms with Gasteiger partial charge in [0.15, 0.2) is 0 Å². The molecule has 5 rings (SSSR count).